The van der Waals surface area contributed by atoms with Crippen LogP contribution in [0.1, 0.15) is 0 Å². The molecular formula is C18F12O. The van der Waals surface area contributed by atoms with Crippen molar-refractivity contribution >= 4 is 51.0 Å². The summed E-state index contributed by atoms with van der Waals surface area (Å²) in [6, 6.07) is 0. The Bertz CT molecular complexity index is 1520. The van der Waals surface area contributed by atoms with E-state index < -0.39 is 102 Å². The van der Waals surface area contributed by atoms with Crippen molar-refractivity contribution in [3.63, 3.8) is 0 Å². The van der Waals surface area contributed by atoms with Crippen LogP contribution in [0, 0.1) is 34.9 Å². The van der Waals surface area contributed by atoms with Crippen LogP contribution in [0.25, 0.3) is 51.0 Å². The molecule has 0 amide bonds. The van der Waals surface area contributed by atoms with Crippen LogP contribution in [0.2, 0.25) is 0 Å². The fourth-order valence-electron chi connectivity index (χ4n) is 3.36. The van der Waals surface area contributed by atoms with Crippen LogP contribution in [0.5, 0.6) is 0 Å². The van der Waals surface area contributed by atoms with Crippen molar-refractivity contribution in [1.82, 2.24) is 0 Å². The predicted octanol–water partition coefficient (Wildman–Crippen LogP) is 5.31. The van der Waals surface area contributed by atoms with E-state index >= 15 is 0 Å². The lowest BCUT2D eigenvalue weighted by Gasteiger charge is -1.90. The minimum atomic E-state index is -3.10. The van der Waals surface area contributed by atoms with Gasteiger partial charge in [0.05, 0.1) is 10.8 Å². The van der Waals surface area contributed by atoms with Gasteiger partial charge in [-0.05, 0) is 0 Å². The van der Waals surface area contributed by atoms with Gasteiger partial charge in [0.15, 0.2) is 34.4 Å². The Balaban J connectivity index is 2.66. The summed E-state index contributed by atoms with van der Waals surface area (Å²) in [5.41, 5.74) is -3.55. The lowest BCUT2D eigenvalue weighted by molar-refractivity contribution is 0.506. The Morgan fingerprint density at radius 2 is 0.645 bits per heavy atom. The molecule has 0 unspecified atom stereocenters. The van der Waals surface area contributed by atoms with Gasteiger partial charge in [-0.3, -0.25) is 0 Å². The normalized spacial score (nSPS) is 11.9. The highest BCUT2D eigenvalue weighted by Crippen LogP contribution is 2.38. The molecule has 0 N–H and O–H groups in total. The first-order chi connectivity index (χ1) is 14.4. The highest BCUT2D eigenvalue weighted by molar-refractivity contribution is 6.16. The number of rotatable bonds is 0. The van der Waals surface area contributed by atoms with E-state index in [-0.39, 0.29) is 0 Å². The Labute approximate surface area is 159 Å². The molecular weight excluding hydrogens is 460 g/mol. The molecule has 0 saturated heterocycles. The van der Waals surface area contributed by atoms with Crippen LogP contribution in [0.4, 0.5) is 52.7 Å². The minimum Gasteiger partial charge on any atom is -0.450 e. The minimum absolute atomic E-state index is 1.69. The maximum Gasteiger partial charge on any atom is 0.283 e. The van der Waals surface area contributed by atoms with E-state index in [2.05, 4.69) is 4.42 Å². The first-order valence-electron chi connectivity index (χ1n) is 7.68. The summed E-state index contributed by atoms with van der Waals surface area (Å²) >= 11 is 0. The summed E-state index contributed by atoms with van der Waals surface area (Å²) in [4.78, 5) is 0. The summed E-state index contributed by atoms with van der Waals surface area (Å²) < 4.78 is 170. The molecule has 0 aliphatic heterocycles. The molecule has 0 atom stereocenters. The van der Waals surface area contributed by atoms with E-state index in [9.17, 15) is 52.7 Å². The topological polar surface area (TPSA) is 13.1 Å². The summed E-state index contributed by atoms with van der Waals surface area (Å²) in [5, 5.41) is -13.4. The quantitative estimate of drug-likeness (QED) is 0.325. The molecule has 0 aliphatic carbocycles. The van der Waals surface area contributed by atoms with Crippen LogP contribution in [-0.4, -0.2) is 0 Å². The Morgan fingerprint density at radius 3 is 0.935 bits per heavy atom. The van der Waals surface area contributed by atoms with Gasteiger partial charge in [0.25, 0.3) is 18.2 Å². The van der Waals surface area contributed by atoms with E-state index in [4.69, 9.17) is 0 Å². The highest BCUT2D eigenvalue weighted by Gasteiger charge is 2.32. The Morgan fingerprint density at radius 1 is 0.387 bits per heavy atom. The molecule has 0 bridgehead atoms. The molecule has 0 fully saturated rings. The summed E-state index contributed by atoms with van der Waals surface area (Å²) in [6.07, 6.45) is -9.21. The second-order valence-electron chi connectivity index (χ2n) is 6.05. The molecule has 1 heterocycles. The smallest absolute Gasteiger partial charge is 0.283 e. The third kappa shape index (κ3) is 2.48. The molecule has 0 saturated carbocycles. The zero-order chi connectivity index (χ0) is 23.1. The van der Waals surface area contributed by atoms with E-state index in [0.717, 1.165) is 0 Å². The average molecular weight is 460 g/mol. The van der Waals surface area contributed by atoms with Crippen molar-refractivity contribution < 1.29 is 57.1 Å². The van der Waals surface area contributed by atoms with Gasteiger partial charge < -0.3 is 4.42 Å². The van der Waals surface area contributed by atoms with Crippen LogP contribution in [0.15, 0.2) is 4.42 Å². The monoisotopic (exact) mass is 460 g/mol. The van der Waals surface area contributed by atoms with E-state index in [1.165, 1.54) is 0 Å². The molecule has 162 valence electrons. The van der Waals surface area contributed by atoms with Crippen molar-refractivity contribution in [3.05, 3.63) is 50.6 Å². The molecule has 1 nitrogen and oxygen atoms in total. The van der Waals surface area contributed by atoms with Crippen molar-refractivity contribution in [2.45, 2.75) is 0 Å². The fourth-order valence-corrected chi connectivity index (χ4v) is 3.36. The van der Waals surface area contributed by atoms with Crippen molar-refractivity contribution in [1.29, 1.82) is 0 Å². The lowest BCUT2D eigenvalue weighted by atomic mass is 10.1. The maximum atomic E-state index is 14.6. The summed E-state index contributed by atoms with van der Waals surface area (Å²) in [7, 11) is 0. The van der Waals surface area contributed by atoms with Crippen LogP contribution in [0.3, 0.4) is 0 Å². The molecule has 0 aliphatic rings. The van der Waals surface area contributed by atoms with Gasteiger partial charge in [-0.1, -0.05) is 0 Å². The first kappa shape index (κ1) is 20.9. The SMILES string of the molecule is FC(F)=c1c(F)c2oc3c(F)c(=C(F)F)c(F)c3c3c(F)c(=C(F)F)c(F)c3c2c1F. The molecule has 1 aromatic heterocycles. The second kappa shape index (κ2) is 6.56. The van der Waals surface area contributed by atoms with Crippen molar-refractivity contribution in [2.75, 3.05) is 0 Å². The van der Waals surface area contributed by atoms with Gasteiger partial charge in [0.2, 0.25) is 0 Å². The van der Waals surface area contributed by atoms with Crippen molar-refractivity contribution in [2.24, 2.45) is 0 Å². The lowest BCUT2D eigenvalue weighted by Crippen LogP contribution is -2.08. The average Bonchev–Trinajstić information content (AvgIpc) is 3.08. The van der Waals surface area contributed by atoms with E-state index in [0.29, 0.717) is 0 Å². The van der Waals surface area contributed by atoms with Crippen LogP contribution in [-0.2, 0) is 0 Å². The Hall–Kier alpha value is -3.38. The standard InChI is InChI=1S/C18F12O/c19-8-1-2(9(20)5(8)16(25)26)4-11(22)7(18(29)30)13(24)15(4)31-14-3(1)10(21)6(12(14)23)17(27)28. The zero-order valence-electron chi connectivity index (χ0n) is 13.9. The predicted molar refractivity (Wildman–Crippen MR) is 82.3 cm³/mol. The molecule has 4 aromatic rings. The van der Waals surface area contributed by atoms with Crippen molar-refractivity contribution in [3.8, 4) is 0 Å². The molecule has 31 heavy (non-hydrogen) atoms. The third-order valence-corrected chi connectivity index (χ3v) is 4.57. The number of hydrogen-bond acceptors (Lipinski definition) is 1. The van der Waals surface area contributed by atoms with Gasteiger partial charge in [-0.25, -0.2) is 26.3 Å². The Kier molecular flexibility index (Phi) is 4.42. The van der Waals surface area contributed by atoms with Gasteiger partial charge in [0, 0.05) is 10.8 Å². The number of halogens is 12. The van der Waals surface area contributed by atoms with Crippen LogP contribution < -0.4 is 15.7 Å². The number of hydrogen-bond donors (Lipinski definition) is 0. The van der Waals surface area contributed by atoms with E-state index in [1.54, 1.807) is 0 Å². The molecule has 0 spiro atoms. The summed E-state index contributed by atoms with van der Waals surface area (Å²) in [6.45, 7) is 0. The molecule has 3 aromatic carbocycles. The highest BCUT2D eigenvalue weighted by atomic mass is 19.3. The maximum absolute atomic E-state index is 14.6. The van der Waals surface area contributed by atoms with Gasteiger partial charge in [0.1, 0.15) is 27.3 Å². The van der Waals surface area contributed by atoms with Gasteiger partial charge in [-0.15, -0.1) is 0 Å². The molecule has 0 radical (unpaired) electrons. The summed E-state index contributed by atoms with van der Waals surface area (Å²) in [5.74, 6) is -14.0. The number of fused-ring (bicyclic) bond motifs is 5. The van der Waals surface area contributed by atoms with Gasteiger partial charge in [-0.2, -0.15) is 26.3 Å². The second-order valence-corrected chi connectivity index (χ2v) is 6.05. The van der Waals surface area contributed by atoms with Crippen LogP contribution >= 0.6 is 0 Å². The zero-order valence-corrected chi connectivity index (χ0v) is 13.9. The van der Waals surface area contributed by atoms with E-state index in [1.807, 2.05) is 0 Å². The largest absolute Gasteiger partial charge is 0.450 e. The third-order valence-electron chi connectivity index (χ3n) is 4.57. The van der Waals surface area contributed by atoms with Gasteiger partial charge >= 0.3 is 0 Å². The first-order valence-corrected chi connectivity index (χ1v) is 7.68. The molecule has 4 rings (SSSR count). The fraction of sp³-hybridized carbons (Fsp3) is 0. The molecule has 13 heteroatoms.